The molecule has 0 bridgehead atoms. The Balaban J connectivity index is 2.41. The molecule has 2 aromatic rings. The van der Waals surface area contributed by atoms with Crippen molar-refractivity contribution in [3.63, 3.8) is 0 Å². The van der Waals surface area contributed by atoms with Crippen molar-refractivity contribution in [3.05, 3.63) is 52.7 Å². The van der Waals surface area contributed by atoms with Crippen LogP contribution in [0, 0.1) is 6.92 Å². The third-order valence-corrected chi connectivity index (χ3v) is 4.22. The average molecular weight is 325 g/mol. The maximum atomic E-state index is 12.9. The van der Waals surface area contributed by atoms with Crippen LogP contribution in [0.1, 0.15) is 63.8 Å². The lowest BCUT2D eigenvalue weighted by atomic mass is 9.79. The first-order chi connectivity index (χ1) is 11.0. The molecule has 1 N–H and O–H groups in total. The van der Waals surface area contributed by atoms with Crippen LogP contribution in [0.3, 0.4) is 0 Å². The molecule has 1 aromatic heterocycles. The molecule has 0 aliphatic heterocycles. The molecule has 0 aliphatic carbocycles. The van der Waals surface area contributed by atoms with Crippen molar-refractivity contribution < 1.29 is 5.11 Å². The monoisotopic (exact) mass is 325 g/mol. The van der Waals surface area contributed by atoms with E-state index in [2.05, 4.69) is 57.9 Å². The normalized spacial score (nSPS) is 12.3. The van der Waals surface area contributed by atoms with E-state index in [0.717, 1.165) is 22.5 Å². The molecule has 0 spiro atoms. The van der Waals surface area contributed by atoms with Gasteiger partial charge in [-0.1, -0.05) is 53.7 Å². The molecule has 3 heteroatoms. The Morgan fingerprint density at radius 3 is 2.21 bits per heavy atom. The summed E-state index contributed by atoms with van der Waals surface area (Å²) in [6.07, 6.45) is 1.78. The summed E-state index contributed by atoms with van der Waals surface area (Å²) in [5, 5.41) is 16.2. The lowest BCUT2D eigenvalue weighted by Crippen LogP contribution is -2.20. The van der Waals surface area contributed by atoms with Crippen molar-refractivity contribution in [2.75, 3.05) is 5.32 Å². The number of anilines is 1. The van der Waals surface area contributed by atoms with Gasteiger partial charge in [-0.2, -0.15) is 0 Å². The summed E-state index contributed by atoms with van der Waals surface area (Å²) in [4.78, 5) is 4.31. The van der Waals surface area contributed by atoms with E-state index >= 15 is 0 Å². The van der Waals surface area contributed by atoms with Crippen LogP contribution >= 0.6 is 0 Å². The summed E-state index contributed by atoms with van der Waals surface area (Å²) in [5.41, 5.74) is 3.85. The maximum absolute atomic E-state index is 12.9. The third-order valence-electron chi connectivity index (χ3n) is 4.22. The van der Waals surface area contributed by atoms with Gasteiger partial charge >= 0.3 is 0 Å². The van der Waals surface area contributed by atoms with Gasteiger partial charge in [0, 0.05) is 12.7 Å². The highest BCUT2D eigenvalue weighted by molar-refractivity contribution is 5.49. The number of pyridine rings is 1. The Morgan fingerprint density at radius 2 is 1.67 bits per heavy atom. The predicted octanol–water partition coefficient (Wildman–Crippen LogP) is 4.67. The van der Waals surface area contributed by atoms with Crippen molar-refractivity contribution in [3.8, 4) is 5.75 Å². The van der Waals surface area contributed by atoms with Crippen LogP contribution in [-0.4, -0.2) is 4.98 Å². The standard InChI is InChI=1S/C21H30N2O/c1-14-8-9-22-18(10-14)23-13-15-11-16(20(2,3)4)12-17(19(15)24)21(5,6)7/h8-12,24H,13H2,1-7H3,(H,22,23)/p-1. The van der Waals surface area contributed by atoms with E-state index in [4.69, 9.17) is 0 Å². The molecule has 0 radical (unpaired) electrons. The zero-order valence-corrected chi connectivity index (χ0v) is 15.9. The molecule has 0 saturated carbocycles. The number of hydrogen-bond acceptors (Lipinski definition) is 3. The van der Waals surface area contributed by atoms with Crippen LogP contribution in [0.15, 0.2) is 30.5 Å². The Hall–Kier alpha value is -2.03. The lowest BCUT2D eigenvalue weighted by Gasteiger charge is -2.32. The number of nitrogens with zero attached hydrogens (tertiary/aromatic N) is 1. The van der Waals surface area contributed by atoms with Gasteiger partial charge in [-0.25, -0.2) is 4.98 Å². The molecule has 1 aromatic carbocycles. The van der Waals surface area contributed by atoms with E-state index in [0.29, 0.717) is 6.54 Å². The smallest absolute Gasteiger partial charge is 0.126 e. The molecule has 0 unspecified atom stereocenters. The first-order valence-corrected chi connectivity index (χ1v) is 8.50. The second-order valence-corrected chi connectivity index (χ2v) is 8.58. The van der Waals surface area contributed by atoms with E-state index in [-0.39, 0.29) is 16.6 Å². The number of nitrogens with one attached hydrogen (secondary N) is 1. The van der Waals surface area contributed by atoms with Crippen LogP contribution in [0.25, 0.3) is 0 Å². The highest BCUT2D eigenvalue weighted by Gasteiger charge is 2.21. The van der Waals surface area contributed by atoms with Gasteiger partial charge in [0.2, 0.25) is 0 Å². The van der Waals surface area contributed by atoms with Gasteiger partial charge in [-0.05, 0) is 52.1 Å². The average Bonchev–Trinajstić information content (AvgIpc) is 2.43. The fraction of sp³-hybridized carbons (Fsp3) is 0.476. The second kappa shape index (κ2) is 6.46. The van der Waals surface area contributed by atoms with Gasteiger partial charge in [-0.3, -0.25) is 0 Å². The number of aryl methyl sites for hydroxylation is 1. The molecule has 0 amide bonds. The van der Waals surface area contributed by atoms with Crippen LogP contribution in [-0.2, 0) is 17.4 Å². The molecule has 2 rings (SSSR count). The van der Waals surface area contributed by atoms with E-state index in [1.54, 1.807) is 6.20 Å². The Labute approximate surface area is 146 Å². The first kappa shape index (κ1) is 18.3. The van der Waals surface area contributed by atoms with Crippen molar-refractivity contribution in [2.24, 2.45) is 0 Å². The zero-order valence-electron chi connectivity index (χ0n) is 15.9. The molecule has 1 heterocycles. The van der Waals surface area contributed by atoms with Gasteiger partial charge < -0.3 is 10.4 Å². The summed E-state index contributed by atoms with van der Waals surface area (Å²) in [7, 11) is 0. The minimum absolute atomic E-state index is 0.00400. The molecule has 0 aliphatic rings. The van der Waals surface area contributed by atoms with Crippen molar-refractivity contribution in [1.29, 1.82) is 0 Å². The van der Waals surface area contributed by atoms with Gasteiger partial charge in [0.25, 0.3) is 0 Å². The number of aromatic nitrogens is 1. The number of hydrogen-bond donors (Lipinski definition) is 1. The van der Waals surface area contributed by atoms with E-state index in [1.165, 1.54) is 5.56 Å². The zero-order chi connectivity index (χ0) is 18.1. The summed E-state index contributed by atoms with van der Waals surface area (Å²) < 4.78 is 0. The van der Waals surface area contributed by atoms with Gasteiger partial charge in [-0.15, -0.1) is 5.75 Å². The van der Waals surface area contributed by atoms with Gasteiger partial charge in [0.15, 0.2) is 0 Å². The van der Waals surface area contributed by atoms with E-state index in [1.807, 2.05) is 25.1 Å². The maximum Gasteiger partial charge on any atom is 0.126 e. The number of benzene rings is 1. The largest absolute Gasteiger partial charge is 0.872 e. The van der Waals surface area contributed by atoms with Crippen molar-refractivity contribution >= 4 is 5.82 Å². The number of rotatable bonds is 3. The Bertz CT molecular complexity index is 722. The third kappa shape index (κ3) is 4.28. The summed E-state index contributed by atoms with van der Waals surface area (Å²) in [6.45, 7) is 15.3. The quantitative estimate of drug-likeness (QED) is 0.892. The van der Waals surface area contributed by atoms with Crippen molar-refractivity contribution in [2.45, 2.75) is 65.8 Å². The second-order valence-electron chi connectivity index (χ2n) is 8.58. The predicted molar refractivity (Wildman–Crippen MR) is 99.6 cm³/mol. The fourth-order valence-corrected chi connectivity index (χ4v) is 2.63. The summed E-state index contributed by atoms with van der Waals surface area (Å²) in [6, 6.07) is 8.07. The highest BCUT2D eigenvalue weighted by atomic mass is 16.3. The summed E-state index contributed by atoms with van der Waals surface area (Å²) in [5.74, 6) is 0.934. The molecule has 0 saturated heterocycles. The SMILES string of the molecule is Cc1ccnc(NCc2cc(C(C)(C)C)cc(C(C)(C)C)c2[O-])c1. The van der Waals surface area contributed by atoms with Gasteiger partial charge in [0.05, 0.1) is 0 Å². The molecule has 0 atom stereocenters. The fourth-order valence-electron chi connectivity index (χ4n) is 2.63. The Kier molecular flexibility index (Phi) is 4.93. The van der Waals surface area contributed by atoms with E-state index in [9.17, 15) is 5.11 Å². The highest BCUT2D eigenvalue weighted by Crippen LogP contribution is 2.36. The minimum Gasteiger partial charge on any atom is -0.872 e. The van der Waals surface area contributed by atoms with Crippen molar-refractivity contribution in [1.82, 2.24) is 4.98 Å². The van der Waals surface area contributed by atoms with Crippen LogP contribution in [0.4, 0.5) is 5.82 Å². The minimum atomic E-state index is -0.172. The van der Waals surface area contributed by atoms with Gasteiger partial charge in [0.1, 0.15) is 5.82 Å². The molecule has 3 nitrogen and oxygen atoms in total. The topological polar surface area (TPSA) is 48.0 Å². The Morgan fingerprint density at radius 1 is 1.00 bits per heavy atom. The van der Waals surface area contributed by atoms with Crippen LogP contribution in [0.5, 0.6) is 5.75 Å². The molecular weight excluding hydrogens is 296 g/mol. The lowest BCUT2D eigenvalue weighted by molar-refractivity contribution is -0.271. The summed E-state index contributed by atoms with van der Waals surface area (Å²) >= 11 is 0. The molecule has 24 heavy (non-hydrogen) atoms. The van der Waals surface area contributed by atoms with Crippen LogP contribution in [0.2, 0.25) is 0 Å². The van der Waals surface area contributed by atoms with Crippen LogP contribution < -0.4 is 10.4 Å². The van der Waals surface area contributed by atoms with E-state index < -0.39 is 0 Å². The molecular formula is C21H29N2O-. The first-order valence-electron chi connectivity index (χ1n) is 8.50. The molecule has 130 valence electrons. The molecule has 0 fully saturated rings.